The third kappa shape index (κ3) is 4.25. The predicted octanol–water partition coefficient (Wildman–Crippen LogP) is 3.38. The lowest BCUT2D eigenvalue weighted by Gasteiger charge is -2.35. The minimum Gasteiger partial charge on any atom is -0.340 e. The minimum absolute atomic E-state index is 0.00562. The van der Waals surface area contributed by atoms with E-state index in [1.54, 1.807) is 4.90 Å². The first-order valence-corrected chi connectivity index (χ1v) is 10.6. The van der Waals surface area contributed by atoms with Crippen LogP contribution in [0.5, 0.6) is 0 Å². The van der Waals surface area contributed by atoms with E-state index in [0.29, 0.717) is 6.07 Å². The molecule has 10 heteroatoms. The van der Waals surface area contributed by atoms with Crippen LogP contribution in [0.1, 0.15) is 31.2 Å². The van der Waals surface area contributed by atoms with Crippen LogP contribution in [-0.2, 0) is 21.0 Å². The van der Waals surface area contributed by atoms with Gasteiger partial charge in [0.2, 0.25) is 15.9 Å². The number of carbonyl (C=O) groups excluding carboxylic acids is 1. The van der Waals surface area contributed by atoms with E-state index in [1.807, 2.05) is 0 Å². The largest absolute Gasteiger partial charge is 0.416 e. The lowest BCUT2D eigenvalue weighted by atomic mass is 10.1. The van der Waals surface area contributed by atoms with Crippen molar-refractivity contribution in [1.82, 2.24) is 9.21 Å². The summed E-state index contributed by atoms with van der Waals surface area (Å²) < 4.78 is 65.4. The lowest BCUT2D eigenvalue weighted by molar-refractivity contribution is -0.138. The third-order valence-electron chi connectivity index (χ3n) is 5.13. The smallest absolute Gasteiger partial charge is 0.340 e. The first-order chi connectivity index (χ1) is 12.6. The molecule has 0 bridgehead atoms. The summed E-state index contributed by atoms with van der Waals surface area (Å²) in [7, 11) is -4.18. The molecule has 0 atom stereocenters. The van der Waals surface area contributed by atoms with Crippen LogP contribution in [0.2, 0.25) is 5.02 Å². The maximum absolute atomic E-state index is 12.9. The van der Waals surface area contributed by atoms with Crippen molar-refractivity contribution < 1.29 is 26.4 Å². The van der Waals surface area contributed by atoms with E-state index >= 15 is 0 Å². The zero-order chi connectivity index (χ0) is 19.8. The Morgan fingerprint density at radius 1 is 1.07 bits per heavy atom. The molecule has 1 aliphatic heterocycles. The molecule has 27 heavy (non-hydrogen) atoms. The van der Waals surface area contributed by atoms with Gasteiger partial charge in [0.1, 0.15) is 4.90 Å². The van der Waals surface area contributed by atoms with Crippen molar-refractivity contribution in [2.24, 2.45) is 5.92 Å². The van der Waals surface area contributed by atoms with Crippen LogP contribution in [-0.4, -0.2) is 49.7 Å². The summed E-state index contributed by atoms with van der Waals surface area (Å²) in [5.74, 6) is 0.0488. The van der Waals surface area contributed by atoms with Crippen LogP contribution in [0.15, 0.2) is 23.1 Å². The number of rotatable bonds is 3. The van der Waals surface area contributed by atoms with Gasteiger partial charge in [-0.25, -0.2) is 8.42 Å². The second-order valence-electron chi connectivity index (χ2n) is 6.85. The number of nitrogens with zero attached hydrogens (tertiary/aromatic N) is 2. The molecule has 150 valence electrons. The maximum atomic E-state index is 12.9. The molecule has 0 spiro atoms. The van der Waals surface area contributed by atoms with Crippen LogP contribution in [0.25, 0.3) is 0 Å². The lowest BCUT2D eigenvalue weighted by Crippen LogP contribution is -2.51. The highest BCUT2D eigenvalue weighted by Crippen LogP contribution is 2.34. The first-order valence-electron chi connectivity index (χ1n) is 8.76. The molecule has 0 N–H and O–H groups in total. The molecule has 2 fully saturated rings. The molecule has 5 nitrogen and oxygen atoms in total. The average molecular weight is 425 g/mol. The Labute approximate surface area is 161 Å². The summed E-state index contributed by atoms with van der Waals surface area (Å²) in [6.07, 6.45) is -0.896. The van der Waals surface area contributed by atoms with Crippen molar-refractivity contribution in [2.45, 2.75) is 36.8 Å². The van der Waals surface area contributed by atoms with E-state index in [-0.39, 0.29) is 43.0 Å². The molecule has 1 saturated carbocycles. The van der Waals surface area contributed by atoms with Gasteiger partial charge < -0.3 is 4.90 Å². The fraction of sp³-hybridized carbons (Fsp3) is 0.588. The van der Waals surface area contributed by atoms with Gasteiger partial charge in [-0.1, -0.05) is 24.4 Å². The van der Waals surface area contributed by atoms with Crippen LogP contribution < -0.4 is 0 Å². The van der Waals surface area contributed by atoms with E-state index in [4.69, 9.17) is 11.6 Å². The SMILES string of the molecule is O=C(C1CCCC1)N1CCN(S(=O)(=O)c2cc(C(F)(F)F)ccc2Cl)CC1. The van der Waals surface area contributed by atoms with Crippen molar-refractivity contribution in [3.63, 3.8) is 0 Å². The number of hydrogen-bond donors (Lipinski definition) is 0. The molecule has 1 heterocycles. The number of alkyl halides is 3. The van der Waals surface area contributed by atoms with Gasteiger partial charge in [-0.2, -0.15) is 17.5 Å². The van der Waals surface area contributed by atoms with E-state index in [0.717, 1.165) is 42.1 Å². The predicted molar refractivity (Wildman–Crippen MR) is 93.8 cm³/mol. The fourth-order valence-electron chi connectivity index (χ4n) is 3.60. The maximum Gasteiger partial charge on any atom is 0.416 e. The topological polar surface area (TPSA) is 57.7 Å². The number of piperazine rings is 1. The first kappa shape index (κ1) is 20.4. The van der Waals surface area contributed by atoms with Gasteiger partial charge in [0, 0.05) is 32.1 Å². The molecule has 1 aromatic rings. The molecule has 0 radical (unpaired) electrons. The molecule has 1 aliphatic carbocycles. The quantitative estimate of drug-likeness (QED) is 0.747. The molecule has 2 aliphatic rings. The molecule has 0 aromatic heterocycles. The number of benzene rings is 1. The van der Waals surface area contributed by atoms with E-state index in [1.165, 1.54) is 0 Å². The highest BCUT2D eigenvalue weighted by molar-refractivity contribution is 7.89. The second kappa shape index (κ2) is 7.60. The van der Waals surface area contributed by atoms with Crippen LogP contribution in [0.3, 0.4) is 0 Å². The monoisotopic (exact) mass is 424 g/mol. The Kier molecular flexibility index (Phi) is 5.74. The summed E-state index contributed by atoms with van der Waals surface area (Å²) in [5.41, 5.74) is -1.07. The molecule has 1 aromatic carbocycles. The van der Waals surface area contributed by atoms with Crippen LogP contribution in [0, 0.1) is 5.92 Å². The molecular formula is C17H20ClF3N2O3S. The number of hydrogen-bond acceptors (Lipinski definition) is 3. The minimum atomic E-state index is -4.67. The van der Waals surface area contributed by atoms with Gasteiger partial charge in [0.25, 0.3) is 0 Å². The molecule has 1 amide bonds. The van der Waals surface area contributed by atoms with Gasteiger partial charge in [0.15, 0.2) is 0 Å². The van der Waals surface area contributed by atoms with Gasteiger partial charge >= 0.3 is 6.18 Å². The zero-order valence-corrected chi connectivity index (χ0v) is 16.1. The van der Waals surface area contributed by atoms with Gasteiger partial charge in [-0.15, -0.1) is 0 Å². The van der Waals surface area contributed by atoms with Crippen LogP contribution >= 0.6 is 11.6 Å². The van der Waals surface area contributed by atoms with E-state index in [9.17, 15) is 26.4 Å². The molecular weight excluding hydrogens is 405 g/mol. The molecule has 0 unspecified atom stereocenters. The van der Waals surface area contributed by atoms with Crippen molar-refractivity contribution in [1.29, 1.82) is 0 Å². The van der Waals surface area contributed by atoms with Crippen molar-refractivity contribution in [3.05, 3.63) is 28.8 Å². The Hall–Kier alpha value is -1.32. The second-order valence-corrected chi connectivity index (χ2v) is 9.17. The normalized spacial score (nSPS) is 20.2. The number of sulfonamides is 1. The highest BCUT2D eigenvalue weighted by Gasteiger charge is 2.36. The third-order valence-corrected chi connectivity index (χ3v) is 7.51. The van der Waals surface area contributed by atoms with Gasteiger partial charge in [0.05, 0.1) is 10.6 Å². The van der Waals surface area contributed by atoms with Crippen molar-refractivity contribution in [2.75, 3.05) is 26.2 Å². The van der Waals surface area contributed by atoms with E-state index < -0.39 is 26.7 Å². The molecule has 3 rings (SSSR count). The summed E-state index contributed by atoms with van der Waals surface area (Å²) in [5, 5.41) is -0.257. The Bertz CT molecular complexity index is 815. The number of carbonyl (C=O) groups is 1. The van der Waals surface area contributed by atoms with Gasteiger partial charge in [-0.05, 0) is 31.0 Å². The fourth-order valence-corrected chi connectivity index (χ4v) is 5.52. The average Bonchev–Trinajstić information content (AvgIpc) is 3.15. The standard InChI is InChI=1S/C17H20ClF3N2O3S/c18-14-6-5-13(17(19,20)21)11-15(14)27(25,26)23-9-7-22(8-10-23)16(24)12-3-1-2-4-12/h5-6,11-12H,1-4,7-10H2. The van der Waals surface area contributed by atoms with Gasteiger partial charge in [-0.3, -0.25) is 4.79 Å². The number of amides is 1. The molecule has 1 saturated heterocycles. The van der Waals surface area contributed by atoms with Crippen LogP contribution in [0.4, 0.5) is 13.2 Å². The Balaban J connectivity index is 1.74. The number of halogens is 4. The Morgan fingerprint density at radius 2 is 1.67 bits per heavy atom. The van der Waals surface area contributed by atoms with Crippen molar-refractivity contribution in [3.8, 4) is 0 Å². The Morgan fingerprint density at radius 3 is 2.22 bits per heavy atom. The van der Waals surface area contributed by atoms with E-state index in [2.05, 4.69) is 0 Å². The zero-order valence-electron chi connectivity index (χ0n) is 14.5. The summed E-state index contributed by atoms with van der Waals surface area (Å²) in [6, 6.07) is 2.25. The van der Waals surface area contributed by atoms with Crippen molar-refractivity contribution >= 4 is 27.5 Å². The summed E-state index contributed by atoms with van der Waals surface area (Å²) in [6.45, 7) is 0.525. The highest BCUT2D eigenvalue weighted by atomic mass is 35.5. The summed E-state index contributed by atoms with van der Waals surface area (Å²) >= 11 is 5.88. The summed E-state index contributed by atoms with van der Waals surface area (Å²) in [4.78, 5) is 13.5.